The van der Waals surface area contributed by atoms with E-state index in [1.165, 1.54) is 140 Å². The Morgan fingerprint density at radius 1 is 0.379 bits per heavy atom. The van der Waals surface area contributed by atoms with Gasteiger partial charge in [0.2, 0.25) is 0 Å². The molecule has 0 aromatic heterocycles. The van der Waals surface area contributed by atoms with Gasteiger partial charge in [-0.1, -0.05) is 158 Å². The molecule has 0 aromatic carbocycles. The molecular weight excluding hydrogens is 390 g/mol. The van der Waals surface area contributed by atoms with Gasteiger partial charge >= 0.3 is 0 Å². The van der Waals surface area contributed by atoms with Gasteiger partial charge in [0.05, 0.1) is 0 Å². The molecule has 1 nitrogen and oxygen atoms in total. The molecule has 2 N–H and O–H groups in total. The van der Waals surface area contributed by atoms with Crippen molar-refractivity contribution in [1.29, 1.82) is 0 Å². The first-order valence-corrected chi connectivity index (χ1v) is 15.8. The Bertz CT molecular complexity index is 225. The molecule has 0 saturated heterocycles. The highest BCUT2D eigenvalue weighted by Gasteiger charge is 1.96. The maximum atomic E-state index is 4.85. The lowest BCUT2D eigenvalue weighted by molar-refractivity contribution is 0.563. The number of unbranched alkanes of at least 4 members (excludes halogenated alkanes) is 18. The van der Waals surface area contributed by atoms with E-state index < -0.39 is 0 Å². The molecule has 0 saturated carbocycles. The maximum absolute atomic E-state index is 4.85. The van der Waals surface area contributed by atoms with Crippen LogP contribution in [0.15, 0.2) is 0 Å². The fraction of sp³-hybridized carbons (Fsp3) is 1.00. The van der Waals surface area contributed by atoms with Crippen molar-refractivity contribution in [2.75, 3.05) is 18.1 Å². The van der Waals surface area contributed by atoms with E-state index in [2.05, 4.69) is 35.4 Å². The van der Waals surface area contributed by atoms with Crippen LogP contribution >= 0.6 is 21.6 Å². The quantitative estimate of drug-likeness (QED) is 0.125. The third-order valence-electron chi connectivity index (χ3n) is 5.25. The standard InChI is InChI=1S/C24H50S2.C2H7N/c1-3-5-7-9-11-13-15-17-19-21-23-25-26-24-22-20-18-16-14-12-10-8-6-4-2;1-2-3/h3-24H2,1-2H3;2-3H2,1H3. The predicted molar refractivity (Wildman–Crippen MR) is 143 cm³/mol. The Hall–Kier alpha value is 0.660. The third kappa shape index (κ3) is 36.4. The summed E-state index contributed by atoms with van der Waals surface area (Å²) in [7, 11) is 4.25. The van der Waals surface area contributed by atoms with Crippen LogP contribution in [0.25, 0.3) is 0 Å². The highest BCUT2D eigenvalue weighted by atomic mass is 33.1. The van der Waals surface area contributed by atoms with Crippen LogP contribution in [-0.2, 0) is 0 Å². The lowest BCUT2D eigenvalue weighted by Crippen LogP contribution is -1.87. The van der Waals surface area contributed by atoms with Crippen molar-refractivity contribution in [3.63, 3.8) is 0 Å². The Labute approximate surface area is 194 Å². The van der Waals surface area contributed by atoms with Crippen LogP contribution < -0.4 is 5.73 Å². The second-order valence-corrected chi connectivity index (χ2v) is 11.1. The summed E-state index contributed by atoms with van der Waals surface area (Å²) in [6.45, 7) is 7.25. The fourth-order valence-corrected chi connectivity index (χ4v) is 5.71. The van der Waals surface area contributed by atoms with Crippen LogP contribution in [0.3, 0.4) is 0 Å². The molecule has 0 radical (unpaired) electrons. The smallest absolute Gasteiger partial charge is 0.00369 e. The fourth-order valence-electron chi connectivity index (χ4n) is 3.41. The van der Waals surface area contributed by atoms with Crippen LogP contribution in [0.4, 0.5) is 0 Å². The Morgan fingerprint density at radius 3 is 0.828 bits per heavy atom. The highest BCUT2D eigenvalue weighted by molar-refractivity contribution is 8.76. The lowest BCUT2D eigenvalue weighted by Gasteiger charge is -2.04. The molecule has 0 rings (SSSR count). The number of nitrogens with two attached hydrogens (primary N) is 1. The number of rotatable bonds is 23. The van der Waals surface area contributed by atoms with Crippen LogP contribution in [-0.4, -0.2) is 18.1 Å². The van der Waals surface area contributed by atoms with E-state index in [-0.39, 0.29) is 0 Å². The zero-order valence-electron chi connectivity index (χ0n) is 20.7. The van der Waals surface area contributed by atoms with Crippen molar-refractivity contribution in [3.05, 3.63) is 0 Å². The Morgan fingerprint density at radius 2 is 0.586 bits per heavy atom. The summed E-state index contributed by atoms with van der Waals surface area (Å²) in [6, 6.07) is 0. The van der Waals surface area contributed by atoms with Gasteiger partial charge < -0.3 is 5.73 Å². The summed E-state index contributed by atoms with van der Waals surface area (Å²) in [4.78, 5) is 0. The number of hydrogen-bond acceptors (Lipinski definition) is 3. The van der Waals surface area contributed by atoms with Crippen molar-refractivity contribution in [1.82, 2.24) is 0 Å². The third-order valence-corrected chi connectivity index (χ3v) is 7.82. The first-order chi connectivity index (χ1) is 14.3. The second kappa shape index (κ2) is 33.3. The summed E-state index contributed by atoms with van der Waals surface area (Å²) in [5.74, 6) is 2.75. The van der Waals surface area contributed by atoms with Crippen LogP contribution in [0, 0.1) is 0 Å². The monoisotopic (exact) mass is 447 g/mol. The molecule has 0 unspecified atom stereocenters. The SMILES string of the molecule is CCCCCCCCCCCCSSCCCCCCCCCCCC.CCN. The molecule has 0 fully saturated rings. The normalized spacial score (nSPS) is 10.8. The van der Waals surface area contributed by atoms with E-state index in [1.54, 1.807) is 0 Å². The van der Waals surface area contributed by atoms with E-state index in [1.807, 2.05) is 6.92 Å². The van der Waals surface area contributed by atoms with Crippen LogP contribution in [0.2, 0.25) is 0 Å². The highest BCUT2D eigenvalue weighted by Crippen LogP contribution is 2.25. The summed E-state index contributed by atoms with van der Waals surface area (Å²) >= 11 is 0. The average Bonchev–Trinajstić information content (AvgIpc) is 2.72. The molecule has 0 atom stereocenters. The largest absolute Gasteiger partial charge is 0.331 e. The van der Waals surface area contributed by atoms with E-state index in [4.69, 9.17) is 5.73 Å². The van der Waals surface area contributed by atoms with Gasteiger partial charge in [0.1, 0.15) is 0 Å². The van der Waals surface area contributed by atoms with Crippen molar-refractivity contribution >= 4 is 21.6 Å². The summed E-state index contributed by atoms with van der Waals surface area (Å²) < 4.78 is 0. The molecular formula is C26H57NS2. The van der Waals surface area contributed by atoms with E-state index in [9.17, 15) is 0 Å². The molecule has 0 aromatic rings. The van der Waals surface area contributed by atoms with Gasteiger partial charge in [-0.05, 0) is 19.4 Å². The molecule has 0 amide bonds. The van der Waals surface area contributed by atoms with Gasteiger partial charge in [-0.2, -0.15) is 0 Å². The maximum Gasteiger partial charge on any atom is 0.00369 e. The molecule has 29 heavy (non-hydrogen) atoms. The zero-order chi connectivity index (χ0) is 21.7. The van der Waals surface area contributed by atoms with Gasteiger partial charge in [0.25, 0.3) is 0 Å². The Kier molecular flexibility index (Phi) is 36.6. The zero-order valence-corrected chi connectivity index (χ0v) is 22.3. The summed E-state index contributed by atoms with van der Waals surface area (Å²) in [5.41, 5.74) is 4.85. The topological polar surface area (TPSA) is 26.0 Å². The second-order valence-electron chi connectivity index (χ2n) is 8.42. The minimum absolute atomic E-state index is 0.750. The van der Waals surface area contributed by atoms with E-state index in [0.717, 1.165) is 6.54 Å². The first-order valence-electron chi connectivity index (χ1n) is 13.3. The predicted octanol–water partition coefficient (Wildman–Crippen LogP) is 10.2. The average molecular weight is 448 g/mol. The van der Waals surface area contributed by atoms with Crippen molar-refractivity contribution < 1.29 is 0 Å². The molecule has 0 bridgehead atoms. The molecule has 3 heteroatoms. The van der Waals surface area contributed by atoms with E-state index in [0.29, 0.717) is 0 Å². The van der Waals surface area contributed by atoms with Crippen LogP contribution in [0.1, 0.15) is 149 Å². The van der Waals surface area contributed by atoms with Gasteiger partial charge in [-0.25, -0.2) is 0 Å². The molecule has 0 aliphatic heterocycles. The van der Waals surface area contributed by atoms with Crippen molar-refractivity contribution in [2.45, 2.75) is 149 Å². The molecule has 0 aliphatic carbocycles. The van der Waals surface area contributed by atoms with Gasteiger partial charge in [0, 0.05) is 11.5 Å². The van der Waals surface area contributed by atoms with Crippen molar-refractivity contribution in [2.24, 2.45) is 5.73 Å². The summed E-state index contributed by atoms with van der Waals surface area (Å²) in [6.07, 6.45) is 29.1. The minimum atomic E-state index is 0.750. The molecule has 178 valence electrons. The Balaban J connectivity index is 0. The first kappa shape index (κ1) is 31.8. The van der Waals surface area contributed by atoms with Crippen molar-refractivity contribution in [3.8, 4) is 0 Å². The van der Waals surface area contributed by atoms with Gasteiger partial charge in [0.15, 0.2) is 0 Å². The molecule has 0 aliphatic rings. The van der Waals surface area contributed by atoms with E-state index >= 15 is 0 Å². The summed E-state index contributed by atoms with van der Waals surface area (Å²) in [5, 5.41) is 0. The van der Waals surface area contributed by atoms with Crippen LogP contribution in [0.5, 0.6) is 0 Å². The van der Waals surface area contributed by atoms with Gasteiger partial charge in [-0.15, -0.1) is 0 Å². The molecule has 0 spiro atoms. The molecule has 0 heterocycles. The van der Waals surface area contributed by atoms with Gasteiger partial charge in [-0.3, -0.25) is 0 Å². The lowest BCUT2D eigenvalue weighted by atomic mass is 10.1. The number of hydrogen-bond donors (Lipinski definition) is 1. The minimum Gasteiger partial charge on any atom is -0.331 e.